The third kappa shape index (κ3) is 4.19. The Bertz CT molecular complexity index is 823. The van der Waals surface area contributed by atoms with E-state index in [1.54, 1.807) is 18.5 Å². The minimum Gasteiger partial charge on any atom is -0.545 e. The van der Waals surface area contributed by atoms with Crippen molar-refractivity contribution in [3.05, 3.63) is 83.9 Å². The van der Waals surface area contributed by atoms with Gasteiger partial charge in [-0.1, -0.05) is 42.5 Å². The number of aryl methyl sites for hydroxylation is 1. The second-order valence-corrected chi connectivity index (χ2v) is 8.32. The van der Waals surface area contributed by atoms with E-state index in [1.807, 2.05) is 55.5 Å². The van der Waals surface area contributed by atoms with Gasteiger partial charge in [0.2, 0.25) is 9.04 Å². The summed E-state index contributed by atoms with van der Waals surface area (Å²) in [6, 6.07) is 17.8. The summed E-state index contributed by atoms with van der Waals surface area (Å²) >= 11 is 0. The third-order valence-electron chi connectivity index (χ3n) is 3.60. The largest absolute Gasteiger partial charge is 0.545 e. The van der Waals surface area contributed by atoms with Gasteiger partial charge in [0.15, 0.2) is 5.82 Å². The molecular weight excluding hydrogens is 326 g/mol. The molecule has 0 fully saturated rings. The fourth-order valence-electron chi connectivity index (χ4n) is 2.50. The zero-order chi connectivity index (χ0) is 17.6. The van der Waals surface area contributed by atoms with E-state index >= 15 is 0 Å². The average Bonchev–Trinajstić information content (AvgIpc) is 2.63. The van der Waals surface area contributed by atoms with Crippen LogP contribution < -0.4 is 4.43 Å². The van der Waals surface area contributed by atoms with Gasteiger partial charge in [0.05, 0.1) is 0 Å². The maximum atomic E-state index is 6.14. The van der Waals surface area contributed by atoms with Gasteiger partial charge in [-0.25, -0.2) is 15.0 Å². The number of hydrogen-bond acceptors (Lipinski definition) is 4. The second-order valence-electron chi connectivity index (χ2n) is 5.99. The van der Waals surface area contributed by atoms with E-state index in [0.717, 1.165) is 28.3 Å². The van der Waals surface area contributed by atoms with Crippen LogP contribution >= 0.6 is 0 Å². The van der Waals surface area contributed by atoms with E-state index in [2.05, 4.69) is 23.1 Å². The highest BCUT2D eigenvalue weighted by Gasteiger charge is 2.13. The fraction of sp³-hybridized carbons (Fsp3) is 0.150. The van der Waals surface area contributed by atoms with Crippen LogP contribution in [0.25, 0.3) is 0 Å². The van der Waals surface area contributed by atoms with Crippen molar-refractivity contribution in [3.63, 3.8) is 0 Å². The van der Waals surface area contributed by atoms with Crippen LogP contribution in [0, 0.1) is 6.92 Å². The number of hydrogen-bond donors (Lipinski definition) is 0. The summed E-state index contributed by atoms with van der Waals surface area (Å²) in [6.07, 6.45) is 3.46. The van der Waals surface area contributed by atoms with Crippen molar-refractivity contribution in [2.45, 2.75) is 20.0 Å². The van der Waals surface area contributed by atoms with Crippen molar-refractivity contribution in [1.29, 1.82) is 0 Å². The zero-order valence-corrected chi connectivity index (χ0v) is 15.8. The van der Waals surface area contributed by atoms with Crippen LogP contribution in [-0.2, 0) is 0 Å². The molecule has 0 aliphatic heterocycles. The van der Waals surface area contributed by atoms with Crippen molar-refractivity contribution in [2.75, 3.05) is 0 Å². The lowest BCUT2D eigenvalue weighted by Crippen LogP contribution is -2.13. The lowest BCUT2D eigenvalue weighted by Gasteiger charge is -2.15. The van der Waals surface area contributed by atoms with Crippen LogP contribution in [-0.4, -0.2) is 24.7 Å². The van der Waals surface area contributed by atoms with E-state index < -0.39 is 9.04 Å². The van der Waals surface area contributed by atoms with Gasteiger partial charge in [0.1, 0.15) is 17.1 Å². The van der Waals surface area contributed by atoms with Crippen LogP contribution in [0.5, 0.6) is 5.75 Å². The molecule has 0 N–H and O–H groups in total. The summed E-state index contributed by atoms with van der Waals surface area (Å²) in [5, 5.41) is 0. The van der Waals surface area contributed by atoms with E-state index in [0.29, 0.717) is 5.82 Å². The summed E-state index contributed by atoms with van der Waals surface area (Å²) in [4.78, 5) is 13.7. The number of aromatic nitrogens is 2. The Hall–Kier alpha value is -2.79. The number of aliphatic imine (C=N–C) groups is 1. The van der Waals surface area contributed by atoms with Crippen molar-refractivity contribution in [3.8, 4) is 5.75 Å². The van der Waals surface area contributed by atoms with Gasteiger partial charge in [-0.15, -0.1) is 0 Å². The second kappa shape index (κ2) is 7.85. The number of rotatable bonds is 5. The summed E-state index contributed by atoms with van der Waals surface area (Å²) in [6.45, 7) is 6.35. The predicted molar refractivity (Wildman–Crippen MR) is 104 cm³/mol. The van der Waals surface area contributed by atoms with E-state index in [1.165, 1.54) is 0 Å². The fourth-order valence-corrected chi connectivity index (χ4v) is 3.27. The van der Waals surface area contributed by atoms with E-state index in [4.69, 9.17) is 9.42 Å². The average molecular weight is 347 g/mol. The van der Waals surface area contributed by atoms with Gasteiger partial charge in [-0.3, -0.25) is 0 Å². The summed E-state index contributed by atoms with van der Waals surface area (Å²) in [5.41, 5.74) is 3.61. The molecule has 3 rings (SSSR count). The van der Waals surface area contributed by atoms with Crippen LogP contribution in [0.4, 0.5) is 5.69 Å². The topological polar surface area (TPSA) is 47.4 Å². The molecule has 5 heteroatoms. The maximum Gasteiger partial charge on any atom is 0.229 e. The van der Waals surface area contributed by atoms with Crippen molar-refractivity contribution in [2.24, 2.45) is 4.99 Å². The molecule has 0 saturated heterocycles. The molecule has 1 heterocycles. The Balaban J connectivity index is 2.16. The quantitative estimate of drug-likeness (QED) is 0.510. The lowest BCUT2D eigenvalue weighted by molar-refractivity contribution is 0.577. The van der Waals surface area contributed by atoms with Crippen LogP contribution in [0.15, 0.2) is 72.0 Å². The lowest BCUT2D eigenvalue weighted by atomic mass is 10.1. The minimum absolute atomic E-state index is 0.600. The van der Waals surface area contributed by atoms with Crippen molar-refractivity contribution in [1.82, 2.24) is 9.97 Å². The molecule has 0 aliphatic carbocycles. The van der Waals surface area contributed by atoms with Gasteiger partial charge in [0, 0.05) is 18.0 Å². The Kier molecular flexibility index (Phi) is 5.35. The Morgan fingerprint density at radius 1 is 0.920 bits per heavy atom. The molecule has 0 saturated carbocycles. The highest BCUT2D eigenvalue weighted by Crippen LogP contribution is 2.32. The first kappa shape index (κ1) is 17.0. The van der Waals surface area contributed by atoms with Crippen LogP contribution in [0.1, 0.15) is 17.0 Å². The molecule has 0 radical (unpaired) electrons. The first-order valence-electron chi connectivity index (χ1n) is 8.33. The molecule has 0 spiro atoms. The highest BCUT2D eigenvalue weighted by molar-refractivity contribution is 6.49. The number of benzene rings is 2. The molecule has 25 heavy (non-hydrogen) atoms. The predicted octanol–water partition coefficient (Wildman–Crippen LogP) is 4.32. The Labute approximate surface area is 150 Å². The van der Waals surface area contributed by atoms with Crippen LogP contribution in [0.2, 0.25) is 13.1 Å². The zero-order valence-electron chi connectivity index (χ0n) is 14.7. The molecule has 4 nitrogen and oxygen atoms in total. The molecule has 2 aromatic carbocycles. The van der Waals surface area contributed by atoms with E-state index in [9.17, 15) is 0 Å². The van der Waals surface area contributed by atoms with Gasteiger partial charge in [0.25, 0.3) is 0 Å². The minimum atomic E-state index is -1.25. The van der Waals surface area contributed by atoms with Gasteiger partial charge in [-0.05, 0) is 37.7 Å². The summed E-state index contributed by atoms with van der Waals surface area (Å²) in [7, 11) is -1.25. The maximum absolute atomic E-state index is 6.14. The summed E-state index contributed by atoms with van der Waals surface area (Å²) < 4.78 is 6.14. The molecule has 0 atom stereocenters. The highest BCUT2D eigenvalue weighted by atomic mass is 28.3. The molecule has 1 aromatic heterocycles. The molecule has 0 amide bonds. The Morgan fingerprint density at radius 2 is 1.64 bits per heavy atom. The van der Waals surface area contributed by atoms with Crippen LogP contribution in [0.3, 0.4) is 0 Å². The first-order chi connectivity index (χ1) is 12.1. The molecule has 3 aromatic rings. The smallest absolute Gasteiger partial charge is 0.229 e. The van der Waals surface area contributed by atoms with Gasteiger partial charge >= 0.3 is 0 Å². The first-order valence-corrected chi connectivity index (χ1v) is 11.1. The van der Waals surface area contributed by atoms with Gasteiger partial charge in [-0.2, -0.15) is 0 Å². The third-order valence-corrected chi connectivity index (χ3v) is 4.31. The molecule has 0 unspecified atom stereocenters. The number of para-hydroxylation sites is 1. The van der Waals surface area contributed by atoms with Gasteiger partial charge < -0.3 is 4.43 Å². The molecule has 0 bridgehead atoms. The Morgan fingerprint density at radius 3 is 2.32 bits per heavy atom. The molecule has 0 aliphatic rings. The monoisotopic (exact) mass is 347 g/mol. The number of nitrogens with zero attached hydrogens (tertiary/aromatic N) is 3. The standard InChI is InChI=1S/C20H21N3OSi/c1-15-9-7-12-17(19(15)24-25(2)3)23-18(16-10-5-4-6-11-16)20-21-13-8-14-22-20/h4-14,25H,1-3H3. The SMILES string of the molecule is Cc1cccc(N=C(c2ccccc2)c2ncccn2)c1O[SiH](C)C. The normalized spacial score (nSPS) is 11.6. The summed E-state index contributed by atoms with van der Waals surface area (Å²) in [5.74, 6) is 1.46. The molecule has 126 valence electrons. The van der Waals surface area contributed by atoms with Crippen molar-refractivity contribution >= 4 is 20.4 Å². The van der Waals surface area contributed by atoms with Crippen molar-refractivity contribution < 1.29 is 4.43 Å². The van der Waals surface area contributed by atoms with E-state index in [-0.39, 0.29) is 0 Å². The molecular formula is C20H21N3OSi.